The van der Waals surface area contributed by atoms with Crippen molar-refractivity contribution in [2.75, 3.05) is 5.32 Å². The average Bonchev–Trinajstić information content (AvgIpc) is 3.08. The van der Waals surface area contributed by atoms with Gasteiger partial charge in [-0.15, -0.1) is 0 Å². The largest absolute Gasteiger partial charge is 0.375 e. The standard InChI is InChI=1S/C13H13BrIN3O/c1-7-4-9(14)5-10(15)12(7)16-6-11-17-13(18-19-11)8-2-3-8/h4-5,8,16H,2-3,6H2,1H3. The summed E-state index contributed by atoms with van der Waals surface area (Å²) in [6, 6.07) is 4.17. The van der Waals surface area contributed by atoms with Gasteiger partial charge in [-0.2, -0.15) is 4.98 Å². The molecule has 19 heavy (non-hydrogen) atoms. The van der Waals surface area contributed by atoms with Crippen LogP contribution in [-0.2, 0) is 6.54 Å². The molecule has 1 aliphatic carbocycles. The monoisotopic (exact) mass is 433 g/mol. The normalized spacial score (nSPS) is 14.7. The summed E-state index contributed by atoms with van der Waals surface area (Å²) in [6.07, 6.45) is 2.38. The quantitative estimate of drug-likeness (QED) is 0.733. The van der Waals surface area contributed by atoms with Gasteiger partial charge in [0.25, 0.3) is 0 Å². The molecule has 100 valence electrons. The Kier molecular flexibility index (Phi) is 3.79. The SMILES string of the molecule is Cc1cc(Br)cc(I)c1NCc1nc(C2CC2)no1. The fourth-order valence-corrected chi connectivity index (χ4v) is 3.89. The summed E-state index contributed by atoms with van der Waals surface area (Å²) in [7, 11) is 0. The number of nitrogens with one attached hydrogen (secondary N) is 1. The van der Waals surface area contributed by atoms with Crippen molar-refractivity contribution in [3.8, 4) is 0 Å². The zero-order valence-electron chi connectivity index (χ0n) is 10.4. The highest BCUT2D eigenvalue weighted by Gasteiger charge is 2.28. The number of anilines is 1. The molecular formula is C13H13BrIN3O. The third-order valence-electron chi connectivity index (χ3n) is 3.09. The van der Waals surface area contributed by atoms with Crippen molar-refractivity contribution in [1.82, 2.24) is 10.1 Å². The molecule has 0 unspecified atom stereocenters. The molecule has 0 atom stereocenters. The topological polar surface area (TPSA) is 51.0 Å². The van der Waals surface area contributed by atoms with Crippen LogP contribution in [0, 0.1) is 10.5 Å². The zero-order chi connectivity index (χ0) is 13.4. The van der Waals surface area contributed by atoms with Crippen molar-refractivity contribution >= 4 is 44.2 Å². The Morgan fingerprint density at radius 2 is 2.26 bits per heavy atom. The highest BCUT2D eigenvalue weighted by Crippen LogP contribution is 2.38. The Labute approximate surface area is 133 Å². The molecule has 0 aliphatic heterocycles. The number of hydrogen-bond acceptors (Lipinski definition) is 4. The first-order chi connectivity index (χ1) is 9.13. The lowest BCUT2D eigenvalue weighted by Crippen LogP contribution is -2.03. The van der Waals surface area contributed by atoms with Crippen LogP contribution in [0.2, 0.25) is 0 Å². The van der Waals surface area contributed by atoms with E-state index in [2.05, 4.69) is 73.0 Å². The molecule has 0 bridgehead atoms. The maximum absolute atomic E-state index is 5.26. The van der Waals surface area contributed by atoms with E-state index < -0.39 is 0 Å². The number of hydrogen-bond donors (Lipinski definition) is 1. The molecule has 3 rings (SSSR count). The van der Waals surface area contributed by atoms with Crippen molar-refractivity contribution in [3.63, 3.8) is 0 Å². The van der Waals surface area contributed by atoms with E-state index in [9.17, 15) is 0 Å². The van der Waals surface area contributed by atoms with Gasteiger partial charge in [0.1, 0.15) is 0 Å². The van der Waals surface area contributed by atoms with Crippen LogP contribution in [0.25, 0.3) is 0 Å². The predicted octanol–water partition coefficient (Wildman–Crippen LogP) is 4.23. The molecular weight excluding hydrogens is 421 g/mol. The molecule has 2 aromatic rings. The second-order valence-electron chi connectivity index (χ2n) is 4.75. The van der Waals surface area contributed by atoms with E-state index in [0.717, 1.165) is 16.0 Å². The lowest BCUT2D eigenvalue weighted by atomic mass is 10.2. The average molecular weight is 434 g/mol. The maximum Gasteiger partial charge on any atom is 0.245 e. The number of aryl methyl sites for hydroxylation is 1. The summed E-state index contributed by atoms with van der Waals surface area (Å²) >= 11 is 5.82. The minimum atomic E-state index is 0.534. The lowest BCUT2D eigenvalue weighted by molar-refractivity contribution is 0.378. The second-order valence-corrected chi connectivity index (χ2v) is 6.83. The van der Waals surface area contributed by atoms with E-state index in [4.69, 9.17) is 4.52 Å². The highest BCUT2D eigenvalue weighted by atomic mass is 127. The molecule has 1 N–H and O–H groups in total. The number of rotatable bonds is 4. The minimum Gasteiger partial charge on any atom is -0.375 e. The van der Waals surface area contributed by atoms with Gasteiger partial charge in [0.05, 0.1) is 12.2 Å². The van der Waals surface area contributed by atoms with Crippen molar-refractivity contribution in [2.24, 2.45) is 0 Å². The van der Waals surface area contributed by atoms with E-state index in [-0.39, 0.29) is 0 Å². The van der Waals surface area contributed by atoms with Gasteiger partial charge < -0.3 is 9.84 Å². The van der Waals surface area contributed by atoms with Crippen LogP contribution in [0.3, 0.4) is 0 Å². The summed E-state index contributed by atoms with van der Waals surface area (Å²) in [5.74, 6) is 2.05. The molecule has 1 saturated carbocycles. The third-order valence-corrected chi connectivity index (χ3v) is 4.40. The molecule has 0 spiro atoms. The fourth-order valence-electron chi connectivity index (χ4n) is 1.94. The van der Waals surface area contributed by atoms with Gasteiger partial charge in [-0.3, -0.25) is 0 Å². The van der Waals surface area contributed by atoms with Crippen molar-refractivity contribution in [2.45, 2.75) is 32.2 Å². The molecule has 0 amide bonds. The Balaban J connectivity index is 1.71. The first kappa shape index (κ1) is 13.4. The van der Waals surface area contributed by atoms with Gasteiger partial charge in [0.2, 0.25) is 5.89 Å². The van der Waals surface area contributed by atoms with Crippen molar-refractivity contribution < 1.29 is 4.52 Å². The molecule has 6 heteroatoms. The molecule has 1 aliphatic rings. The predicted molar refractivity (Wildman–Crippen MR) is 85.2 cm³/mol. The number of halogens is 2. The molecule has 1 aromatic carbocycles. The van der Waals surface area contributed by atoms with Gasteiger partial charge >= 0.3 is 0 Å². The Hall–Kier alpha value is -0.630. The third kappa shape index (κ3) is 3.10. The van der Waals surface area contributed by atoms with Crippen LogP contribution < -0.4 is 5.32 Å². The minimum absolute atomic E-state index is 0.534. The van der Waals surface area contributed by atoms with Gasteiger partial charge in [0.15, 0.2) is 5.82 Å². The van der Waals surface area contributed by atoms with Gasteiger partial charge in [0, 0.05) is 14.0 Å². The van der Waals surface area contributed by atoms with Crippen molar-refractivity contribution in [1.29, 1.82) is 0 Å². The Bertz CT molecular complexity index is 587. The van der Waals surface area contributed by atoms with E-state index >= 15 is 0 Å². The smallest absolute Gasteiger partial charge is 0.245 e. The van der Waals surface area contributed by atoms with Gasteiger partial charge in [-0.25, -0.2) is 0 Å². The summed E-state index contributed by atoms with van der Waals surface area (Å²) in [6.45, 7) is 2.65. The Morgan fingerprint density at radius 3 is 2.95 bits per heavy atom. The summed E-state index contributed by atoms with van der Waals surface area (Å²) in [4.78, 5) is 4.41. The Morgan fingerprint density at radius 1 is 1.47 bits per heavy atom. The van der Waals surface area contributed by atoms with Crippen LogP contribution in [-0.4, -0.2) is 10.1 Å². The fraction of sp³-hybridized carbons (Fsp3) is 0.385. The summed E-state index contributed by atoms with van der Waals surface area (Å²) in [5.41, 5.74) is 2.32. The van der Waals surface area contributed by atoms with Crippen LogP contribution in [0.4, 0.5) is 5.69 Å². The van der Waals surface area contributed by atoms with Crippen LogP contribution in [0.1, 0.15) is 36.0 Å². The van der Waals surface area contributed by atoms with Gasteiger partial charge in [-0.1, -0.05) is 21.1 Å². The van der Waals surface area contributed by atoms with E-state index in [1.807, 2.05) is 0 Å². The molecule has 0 radical (unpaired) electrons. The summed E-state index contributed by atoms with van der Waals surface area (Å²) in [5, 5.41) is 7.39. The second kappa shape index (κ2) is 5.40. The van der Waals surface area contributed by atoms with E-state index in [0.29, 0.717) is 18.4 Å². The van der Waals surface area contributed by atoms with Crippen LogP contribution in [0.5, 0.6) is 0 Å². The van der Waals surface area contributed by atoms with Crippen LogP contribution >= 0.6 is 38.5 Å². The first-order valence-electron chi connectivity index (χ1n) is 6.15. The molecule has 1 heterocycles. The molecule has 4 nitrogen and oxygen atoms in total. The van der Waals surface area contributed by atoms with E-state index in [1.54, 1.807) is 0 Å². The summed E-state index contributed by atoms with van der Waals surface area (Å²) < 4.78 is 7.52. The van der Waals surface area contributed by atoms with Crippen molar-refractivity contribution in [3.05, 3.63) is 37.5 Å². The van der Waals surface area contributed by atoms with Crippen LogP contribution in [0.15, 0.2) is 21.1 Å². The number of benzene rings is 1. The lowest BCUT2D eigenvalue weighted by Gasteiger charge is -2.10. The number of nitrogens with zero attached hydrogens (tertiary/aromatic N) is 2. The first-order valence-corrected chi connectivity index (χ1v) is 8.02. The van der Waals surface area contributed by atoms with E-state index in [1.165, 1.54) is 22.0 Å². The highest BCUT2D eigenvalue weighted by molar-refractivity contribution is 14.1. The zero-order valence-corrected chi connectivity index (χ0v) is 14.2. The number of aromatic nitrogens is 2. The van der Waals surface area contributed by atoms with Gasteiger partial charge in [-0.05, 0) is 60.1 Å². The molecule has 1 fully saturated rings. The maximum atomic E-state index is 5.26. The molecule has 0 saturated heterocycles. The molecule has 1 aromatic heterocycles.